The molecule has 0 spiro atoms. The van der Waals surface area contributed by atoms with Gasteiger partial charge in [-0.3, -0.25) is 4.79 Å². The van der Waals surface area contributed by atoms with Gasteiger partial charge in [0.15, 0.2) is 5.78 Å². The Morgan fingerprint density at radius 3 is 2.88 bits per heavy atom. The van der Waals surface area contributed by atoms with E-state index in [9.17, 15) is 4.79 Å². The van der Waals surface area contributed by atoms with Crippen molar-refractivity contribution in [2.45, 2.75) is 12.8 Å². The second-order valence-electron chi connectivity index (χ2n) is 3.47. The molecule has 0 saturated carbocycles. The Morgan fingerprint density at radius 1 is 1.38 bits per heavy atom. The second-order valence-corrected chi connectivity index (χ2v) is 3.47. The molecule has 5 nitrogen and oxygen atoms in total. The van der Waals surface area contributed by atoms with Crippen LogP contribution < -0.4 is 0 Å². The van der Waals surface area contributed by atoms with Gasteiger partial charge in [0.25, 0.3) is 0 Å². The molecule has 2 aromatic rings. The minimum Gasteiger partial charge on any atom is -0.338 e. The Morgan fingerprint density at radius 2 is 2.25 bits per heavy atom. The van der Waals surface area contributed by atoms with Gasteiger partial charge >= 0.3 is 0 Å². The zero-order valence-corrected chi connectivity index (χ0v) is 9.00. The molecule has 0 atom stereocenters. The maximum Gasteiger partial charge on any atom is 0.181 e. The van der Waals surface area contributed by atoms with Crippen LogP contribution in [0.1, 0.15) is 22.7 Å². The third kappa shape index (κ3) is 2.31. The molecule has 0 fully saturated rings. The lowest BCUT2D eigenvalue weighted by Gasteiger charge is -2.00. The molecule has 0 aliphatic carbocycles. The second kappa shape index (κ2) is 4.65. The number of carbonyl (C=O) groups excluding carboxylic acids is 1. The minimum absolute atomic E-state index is 0.0189. The molecule has 16 heavy (non-hydrogen) atoms. The zero-order chi connectivity index (χ0) is 11.4. The molecule has 0 bridgehead atoms. The third-order valence-corrected chi connectivity index (χ3v) is 2.36. The fourth-order valence-corrected chi connectivity index (χ4v) is 1.45. The summed E-state index contributed by atoms with van der Waals surface area (Å²) in [6.45, 7) is 0. The summed E-state index contributed by atoms with van der Waals surface area (Å²) in [6, 6.07) is 1.63. The summed E-state index contributed by atoms with van der Waals surface area (Å²) in [7, 11) is 1.91. The van der Waals surface area contributed by atoms with Gasteiger partial charge in [0.2, 0.25) is 0 Å². The highest BCUT2D eigenvalue weighted by molar-refractivity contribution is 5.94. The summed E-state index contributed by atoms with van der Waals surface area (Å²) >= 11 is 0. The first-order valence-electron chi connectivity index (χ1n) is 5.03. The molecule has 0 aliphatic rings. The van der Waals surface area contributed by atoms with Crippen molar-refractivity contribution in [3.8, 4) is 0 Å². The van der Waals surface area contributed by atoms with Crippen molar-refractivity contribution in [1.29, 1.82) is 0 Å². The molecular formula is C11H12N4O. The Labute approximate surface area is 93.2 Å². The van der Waals surface area contributed by atoms with Gasteiger partial charge in [-0.1, -0.05) is 0 Å². The van der Waals surface area contributed by atoms with E-state index in [1.54, 1.807) is 18.5 Å². The van der Waals surface area contributed by atoms with Crippen LogP contribution in [0.15, 0.2) is 31.0 Å². The summed E-state index contributed by atoms with van der Waals surface area (Å²) < 4.78 is 1.91. The van der Waals surface area contributed by atoms with Crippen LogP contribution in [0.3, 0.4) is 0 Å². The number of nitrogens with zero attached hydrogens (tertiary/aromatic N) is 4. The Hall–Kier alpha value is -2.04. The molecular weight excluding hydrogens is 204 g/mol. The van der Waals surface area contributed by atoms with Gasteiger partial charge in [0, 0.05) is 38.5 Å². The van der Waals surface area contributed by atoms with Gasteiger partial charge in [0.05, 0.1) is 0 Å². The molecule has 2 heterocycles. The molecule has 0 unspecified atom stereocenters. The fourth-order valence-electron chi connectivity index (χ4n) is 1.45. The largest absolute Gasteiger partial charge is 0.338 e. The van der Waals surface area contributed by atoms with Crippen LogP contribution in [-0.4, -0.2) is 25.3 Å². The van der Waals surface area contributed by atoms with Crippen LogP contribution in [0.25, 0.3) is 0 Å². The Kier molecular flexibility index (Phi) is 3.05. The molecule has 2 rings (SSSR count). The van der Waals surface area contributed by atoms with Crippen molar-refractivity contribution in [2.24, 2.45) is 7.05 Å². The van der Waals surface area contributed by atoms with E-state index < -0.39 is 0 Å². The van der Waals surface area contributed by atoms with Crippen molar-refractivity contribution in [3.63, 3.8) is 0 Å². The van der Waals surface area contributed by atoms with Crippen LogP contribution in [-0.2, 0) is 13.5 Å². The van der Waals surface area contributed by atoms with Crippen LogP contribution >= 0.6 is 0 Å². The van der Waals surface area contributed by atoms with E-state index in [0.29, 0.717) is 18.5 Å². The first-order chi connectivity index (χ1) is 7.77. The third-order valence-electron chi connectivity index (χ3n) is 2.36. The lowest BCUT2D eigenvalue weighted by molar-refractivity contribution is 0.0977. The molecule has 0 aromatic carbocycles. The van der Waals surface area contributed by atoms with Crippen molar-refractivity contribution < 1.29 is 4.79 Å². The van der Waals surface area contributed by atoms with Crippen LogP contribution in [0.2, 0.25) is 0 Å². The summed E-state index contributed by atoms with van der Waals surface area (Å²) in [6.07, 6.45) is 7.60. The number of hydrogen-bond acceptors (Lipinski definition) is 4. The fraction of sp³-hybridized carbons (Fsp3) is 0.273. The molecule has 0 N–H and O–H groups in total. The van der Waals surface area contributed by atoms with Gasteiger partial charge < -0.3 is 4.57 Å². The van der Waals surface area contributed by atoms with E-state index >= 15 is 0 Å². The van der Waals surface area contributed by atoms with E-state index in [2.05, 4.69) is 15.0 Å². The summed E-state index contributed by atoms with van der Waals surface area (Å²) in [5.41, 5.74) is 0.462. The maximum atomic E-state index is 11.7. The predicted octanol–water partition coefficient (Wildman–Crippen LogP) is 1.03. The summed E-state index contributed by atoms with van der Waals surface area (Å²) in [4.78, 5) is 23.6. The van der Waals surface area contributed by atoms with Gasteiger partial charge in [-0.05, 0) is 6.07 Å². The SMILES string of the molecule is Cn1ccnc1CCC(=O)c1ccncn1. The number of ketones is 1. The van der Waals surface area contributed by atoms with Gasteiger partial charge in [-0.2, -0.15) is 0 Å². The molecule has 2 aromatic heterocycles. The maximum absolute atomic E-state index is 11.7. The lowest BCUT2D eigenvalue weighted by Crippen LogP contribution is -2.06. The van der Waals surface area contributed by atoms with E-state index in [1.807, 2.05) is 17.8 Å². The average Bonchev–Trinajstić information content (AvgIpc) is 2.73. The summed E-state index contributed by atoms with van der Waals surface area (Å²) in [5, 5.41) is 0. The van der Waals surface area contributed by atoms with Crippen molar-refractivity contribution >= 4 is 5.78 Å². The van der Waals surface area contributed by atoms with Crippen LogP contribution in [0.4, 0.5) is 0 Å². The molecule has 0 aliphatic heterocycles. The van der Waals surface area contributed by atoms with Crippen LogP contribution in [0, 0.1) is 0 Å². The Balaban J connectivity index is 1.97. The molecule has 82 valence electrons. The predicted molar refractivity (Wildman–Crippen MR) is 57.9 cm³/mol. The highest BCUT2D eigenvalue weighted by atomic mass is 16.1. The van der Waals surface area contributed by atoms with Crippen molar-refractivity contribution in [2.75, 3.05) is 0 Å². The van der Waals surface area contributed by atoms with E-state index in [0.717, 1.165) is 5.82 Å². The van der Waals surface area contributed by atoms with Crippen LogP contribution in [0.5, 0.6) is 0 Å². The number of rotatable bonds is 4. The first-order valence-corrected chi connectivity index (χ1v) is 5.03. The van der Waals surface area contributed by atoms with Crippen molar-refractivity contribution in [1.82, 2.24) is 19.5 Å². The number of carbonyl (C=O) groups is 1. The highest BCUT2D eigenvalue weighted by Crippen LogP contribution is 2.04. The minimum atomic E-state index is 0.0189. The van der Waals surface area contributed by atoms with Crippen molar-refractivity contribution in [3.05, 3.63) is 42.5 Å². The zero-order valence-electron chi connectivity index (χ0n) is 9.00. The van der Waals surface area contributed by atoms with E-state index in [4.69, 9.17) is 0 Å². The monoisotopic (exact) mass is 216 g/mol. The van der Waals surface area contributed by atoms with Gasteiger partial charge in [-0.15, -0.1) is 0 Å². The summed E-state index contributed by atoms with van der Waals surface area (Å²) in [5.74, 6) is 0.924. The number of aromatic nitrogens is 4. The van der Waals surface area contributed by atoms with Gasteiger partial charge in [0.1, 0.15) is 17.8 Å². The normalized spacial score (nSPS) is 10.3. The lowest BCUT2D eigenvalue weighted by atomic mass is 10.1. The van der Waals surface area contributed by atoms with E-state index in [1.165, 1.54) is 6.33 Å². The van der Waals surface area contributed by atoms with E-state index in [-0.39, 0.29) is 5.78 Å². The average molecular weight is 216 g/mol. The standard InChI is InChI=1S/C11H12N4O/c1-15-7-6-13-11(15)3-2-10(16)9-4-5-12-8-14-9/h4-8H,2-3H2,1H3. The Bertz CT molecular complexity index is 478. The number of hydrogen-bond donors (Lipinski definition) is 0. The first kappa shape index (κ1) is 10.5. The number of aryl methyl sites for hydroxylation is 2. The quantitative estimate of drug-likeness (QED) is 0.716. The number of imidazole rings is 1. The van der Waals surface area contributed by atoms with Gasteiger partial charge in [-0.25, -0.2) is 15.0 Å². The highest BCUT2D eigenvalue weighted by Gasteiger charge is 2.08. The topological polar surface area (TPSA) is 60.7 Å². The smallest absolute Gasteiger partial charge is 0.181 e. The molecule has 0 amide bonds. The molecule has 0 radical (unpaired) electrons. The number of Topliss-reactive ketones (excluding diaryl/α,β-unsaturated/α-hetero) is 1. The molecule has 5 heteroatoms. The molecule has 0 saturated heterocycles.